The molecule has 530 valence electrons. The van der Waals surface area contributed by atoms with E-state index in [4.69, 9.17) is 4.98 Å². The molecular formula is C86H121N13. The molecule has 0 saturated carbocycles. The van der Waals surface area contributed by atoms with Crippen molar-refractivity contribution < 1.29 is 0 Å². The summed E-state index contributed by atoms with van der Waals surface area (Å²) in [6.45, 7) is 61.4. The van der Waals surface area contributed by atoms with Crippen molar-refractivity contribution in [2.75, 3.05) is 0 Å². The summed E-state index contributed by atoms with van der Waals surface area (Å²) in [5.74, 6) is 7.04. The third-order valence-corrected chi connectivity index (χ3v) is 17.3. The van der Waals surface area contributed by atoms with E-state index < -0.39 is 0 Å². The van der Waals surface area contributed by atoms with Gasteiger partial charge in [0.15, 0.2) is 5.65 Å². The quantitative estimate of drug-likeness (QED) is 0.102. The highest BCUT2D eigenvalue weighted by Crippen LogP contribution is 2.34. The molecule has 0 amide bonds. The molecule has 3 aromatic carbocycles. The number of nitrogens with zero attached hydrogens (tertiary/aromatic N) is 13. The zero-order valence-electron chi connectivity index (χ0n) is 65.7. The number of fused-ring (bicyclic) bond motifs is 4. The van der Waals surface area contributed by atoms with Gasteiger partial charge in [-0.25, -0.2) is 14.5 Å². The highest BCUT2D eigenvalue weighted by molar-refractivity contribution is 5.84. The summed E-state index contributed by atoms with van der Waals surface area (Å²) in [4.78, 5) is 22.1. The number of aromatic nitrogens is 13. The Morgan fingerprint density at radius 3 is 1.28 bits per heavy atom. The molecule has 8 heterocycles. The minimum absolute atomic E-state index is 0.425. The van der Waals surface area contributed by atoms with Gasteiger partial charge in [-0.1, -0.05) is 255 Å². The molecule has 0 aliphatic heterocycles. The van der Waals surface area contributed by atoms with Crippen LogP contribution in [0.25, 0.3) is 38.4 Å². The molecule has 0 aliphatic carbocycles. The van der Waals surface area contributed by atoms with E-state index in [2.05, 4.69) is 334 Å². The molecule has 8 aromatic heterocycles. The summed E-state index contributed by atoms with van der Waals surface area (Å²) < 4.78 is 1.74. The minimum Gasteiger partial charge on any atom is -0.261 e. The van der Waals surface area contributed by atoms with E-state index in [1.54, 1.807) is 23.4 Å². The van der Waals surface area contributed by atoms with Crippen LogP contribution in [0.5, 0.6) is 0 Å². The molecule has 0 N–H and O–H groups in total. The van der Waals surface area contributed by atoms with Crippen LogP contribution in [0.4, 0.5) is 0 Å². The van der Waals surface area contributed by atoms with Crippen LogP contribution in [-0.4, -0.2) is 65.1 Å². The molecule has 11 aromatic rings. The Labute approximate surface area is 596 Å². The second-order valence-electron chi connectivity index (χ2n) is 30.3. The van der Waals surface area contributed by atoms with Crippen LogP contribution in [0, 0.1) is 0 Å². The zero-order valence-corrected chi connectivity index (χ0v) is 65.7. The normalized spacial score (nSPS) is 11.5. The van der Waals surface area contributed by atoms with Gasteiger partial charge in [0.05, 0.1) is 33.6 Å². The van der Waals surface area contributed by atoms with Crippen LogP contribution in [0.2, 0.25) is 0 Å². The Balaban J connectivity index is 0.000000209. The lowest BCUT2D eigenvalue weighted by molar-refractivity contribution is 0.715. The predicted octanol–water partition coefficient (Wildman–Crippen LogP) is 24.0. The monoisotopic (exact) mass is 1340 g/mol. The van der Waals surface area contributed by atoms with Crippen molar-refractivity contribution in [2.24, 2.45) is 0 Å². The van der Waals surface area contributed by atoms with Gasteiger partial charge < -0.3 is 0 Å². The standard InChI is InChI=1S/2C15H19N.C14H18N2.C11H16N4.C11H17N.2C10H16N2/c1-10(2)13-9-16-14-8-6-5-7-12(14)15(13)11(3)4;1-10(2)13-9-12-7-5-6-8-14(12)16-15(13)11(3)4;1-9(2)13-11-7-5-6-8-12(11)15-16-14(13)10(3)4;1-7(2)9-5-10-13-12-6-15(10)14-11(9)8(3)4;1-8(2)10-6-5-7-12-11(10)9(3)4;1-7(2)9-5-11-6-12-10(9)8(3)4;1-7(2)9-5-6-11-12-10(9)8(3)4/h2*5-11H,1-4H3;5-10H,1-4H3;5-8H,1-4H3;5-9H,1-4H3;2*5-8H,1-4H3. The topological polar surface area (TPSA) is 159 Å². The van der Waals surface area contributed by atoms with Gasteiger partial charge in [-0.05, 0) is 170 Å². The molecule has 13 heteroatoms. The number of para-hydroxylation sites is 2. The van der Waals surface area contributed by atoms with E-state index in [0.717, 1.165) is 39.3 Å². The van der Waals surface area contributed by atoms with Crippen molar-refractivity contribution in [3.63, 3.8) is 0 Å². The molecule has 0 atom stereocenters. The zero-order chi connectivity index (χ0) is 73.5. The Kier molecular flexibility index (Phi) is 32.0. The Morgan fingerprint density at radius 1 is 0.293 bits per heavy atom. The van der Waals surface area contributed by atoms with Crippen molar-refractivity contribution in [1.29, 1.82) is 0 Å². The van der Waals surface area contributed by atoms with Crippen molar-refractivity contribution in [3.8, 4) is 0 Å². The first kappa shape index (κ1) is 81.4. The molecule has 11 rings (SSSR count). The maximum Gasteiger partial charge on any atom is 0.177 e. The largest absolute Gasteiger partial charge is 0.261 e. The predicted molar refractivity (Wildman–Crippen MR) is 419 cm³/mol. The van der Waals surface area contributed by atoms with Crippen molar-refractivity contribution in [3.05, 3.63) is 219 Å². The lowest BCUT2D eigenvalue weighted by Gasteiger charge is -2.17. The number of pyridine rings is 3. The smallest absolute Gasteiger partial charge is 0.177 e. The third kappa shape index (κ3) is 22.9. The Hall–Kier alpha value is -8.32. The number of hydrogen-bond donors (Lipinski definition) is 0. The van der Waals surface area contributed by atoms with E-state index in [0.29, 0.717) is 82.9 Å². The van der Waals surface area contributed by atoms with Crippen LogP contribution in [0.3, 0.4) is 0 Å². The summed E-state index contributed by atoms with van der Waals surface area (Å²) in [5.41, 5.74) is 21.9. The van der Waals surface area contributed by atoms with Crippen LogP contribution >= 0.6 is 0 Å². The molecule has 13 nitrogen and oxygen atoms in total. The van der Waals surface area contributed by atoms with Gasteiger partial charge in [0.2, 0.25) is 0 Å². The fourth-order valence-corrected chi connectivity index (χ4v) is 12.2. The Morgan fingerprint density at radius 2 is 0.778 bits per heavy atom. The van der Waals surface area contributed by atoms with Crippen LogP contribution < -0.4 is 0 Å². The number of rotatable bonds is 14. The van der Waals surface area contributed by atoms with E-state index in [-0.39, 0.29) is 0 Å². The SMILES string of the molecule is CC(C)c1cc2ccccc2nc1C(C)C.CC(C)c1cc2nncn2nc1C(C)C.CC(C)c1cccnc1C(C)C.CC(C)c1ccnnc1C(C)C.CC(C)c1cnc2ccccc2c1C(C)C.CC(C)c1cncnc1C(C)C.CC(C)c1nnc2ccccc2c1C(C)C. The molecular weight excluding hydrogens is 1220 g/mol. The first-order valence-electron chi connectivity index (χ1n) is 36.6. The van der Waals surface area contributed by atoms with Crippen LogP contribution in [0.1, 0.15) is 355 Å². The molecule has 0 bridgehead atoms. The van der Waals surface area contributed by atoms with Gasteiger partial charge in [0.25, 0.3) is 0 Å². The van der Waals surface area contributed by atoms with E-state index in [1.165, 1.54) is 77.7 Å². The maximum atomic E-state index is 4.80. The second kappa shape index (κ2) is 38.9. The molecule has 0 fully saturated rings. The second-order valence-corrected chi connectivity index (χ2v) is 30.3. The van der Waals surface area contributed by atoms with Gasteiger partial charge in [-0.15, -0.1) is 10.2 Å². The summed E-state index contributed by atoms with van der Waals surface area (Å²) in [6.07, 6.45) is 10.9. The van der Waals surface area contributed by atoms with Gasteiger partial charge in [-0.2, -0.15) is 25.5 Å². The van der Waals surface area contributed by atoms with Crippen molar-refractivity contribution in [2.45, 2.75) is 277 Å². The van der Waals surface area contributed by atoms with Gasteiger partial charge in [-0.3, -0.25) is 15.0 Å². The average molecular weight is 1340 g/mol. The molecule has 0 radical (unpaired) electrons. The van der Waals surface area contributed by atoms with E-state index >= 15 is 0 Å². The lowest BCUT2D eigenvalue weighted by Crippen LogP contribution is -2.06. The lowest BCUT2D eigenvalue weighted by atomic mass is 9.89. The van der Waals surface area contributed by atoms with Gasteiger partial charge >= 0.3 is 0 Å². The molecule has 0 saturated heterocycles. The van der Waals surface area contributed by atoms with E-state index in [1.807, 2.05) is 36.8 Å². The minimum atomic E-state index is 0.425. The summed E-state index contributed by atoms with van der Waals surface area (Å²) in [7, 11) is 0. The first-order valence-corrected chi connectivity index (χ1v) is 36.6. The Bertz CT molecular complexity index is 3810. The fourth-order valence-electron chi connectivity index (χ4n) is 12.2. The van der Waals surface area contributed by atoms with Crippen molar-refractivity contribution >= 4 is 38.4 Å². The van der Waals surface area contributed by atoms with Gasteiger partial charge in [0.1, 0.15) is 12.7 Å². The molecule has 0 aliphatic rings. The van der Waals surface area contributed by atoms with Crippen LogP contribution in [0.15, 0.2) is 141 Å². The third-order valence-electron chi connectivity index (χ3n) is 17.3. The highest BCUT2D eigenvalue weighted by Gasteiger charge is 2.19. The van der Waals surface area contributed by atoms with Gasteiger partial charge in [0, 0.05) is 58.0 Å². The summed E-state index contributed by atoms with van der Waals surface area (Å²) >= 11 is 0. The van der Waals surface area contributed by atoms with Crippen LogP contribution in [-0.2, 0) is 0 Å². The first-order chi connectivity index (χ1) is 46.8. The number of benzene rings is 3. The molecule has 0 spiro atoms. The van der Waals surface area contributed by atoms with Crippen molar-refractivity contribution in [1.82, 2.24) is 65.1 Å². The summed E-state index contributed by atoms with van der Waals surface area (Å²) in [6, 6.07) is 35.6. The van der Waals surface area contributed by atoms with E-state index in [9.17, 15) is 0 Å². The number of hydrogen-bond acceptors (Lipinski definition) is 12. The fraction of sp³-hybridized carbons (Fsp3) is 0.488. The average Bonchev–Trinajstić information content (AvgIpc) is 0.952. The molecule has 99 heavy (non-hydrogen) atoms. The highest BCUT2D eigenvalue weighted by atomic mass is 15.3. The summed E-state index contributed by atoms with van der Waals surface area (Å²) in [5, 5.41) is 32.9. The molecule has 0 unspecified atom stereocenters. The maximum absolute atomic E-state index is 4.80.